The van der Waals surface area contributed by atoms with Crippen molar-refractivity contribution < 1.29 is 8.94 Å². The van der Waals surface area contributed by atoms with Crippen molar-refractivity contribution in [2.45, 2.75) is 40.2 Å². The lowest BCUT2D eigenvalue weighted by atomic mass is 10.1. The largest absolute Gasteiger partial charge is 0.459 e. The van der Waals surface area contributed by atoms with E-state index in [0.29, 0.717) is 6.54 Å². The van der Waals surface area contributed by atoms with E-state index in [-0.39, 0.29) is 0 Å². The van der Waals surface area contributed by atoms with Crippen LogP contribution in [0.15, 0.2) is 38.2 Å². The number of rotatable bonds is 6. The third kappa shape index (κ3) is 3.90. The Labute approximate surface area is 153 Å². The highest BCUT2D eigenvalue weighted by molar-refractivity contribution is 5.82. The SMILES string of the molecule is CN=C(NCCCc1c(C)noc1C)NCc1oc2ccccc2c1C. The Morgan fingerprint density at radius 1 is 1.15 bits per heavy atom. The number of para-hydroxylation sites is 1. The highest BCUT2D eigenvalue weighted by Gasteiger charge is 2.11. The van der Waals surface area contributed by atoms with Crippen LogP contribution < -0.4 is 10.6 Å². The van der Waals surface area contributed by atoms with Crippen LogP contribution in [0.5, 0.6) is 0 Å². The van der Waals surface area contributed by atoms with Gasteiger partial charge in [0.15, 0.2) is 5.96 Å². The number of furan rings is 1. The summed E-state index contributed by atoms with van der Waals surface area (Å²) in [6, 6.07) is 8.09. The fourth-order valence-electron chi connectivity index (χ4n) is 3.11. The quantitative estimate of drug-likeness (QED) is 0.401. The predicted molar refractivity (Wildman–Crippen MR) is 103 cm³/mol. The van der Waals surface area contributed by atoms with Crippen molar-refractivity contribution in [3.63, 3.8) is 0 Å². The zero-order chi connectivity index (χ0) is 18.5. The molecule has 0 spiro atoms. The molecule has 0 aliphatic rings. The topological polar surface area (TPSA) is 75.6 Å². The molecule has 2 N–H and O–H groups in total. The standard InChI is InChI=1S/C20H26N4O2/c1-13-16-8-5-6-10-18(16)25-19(13)12-23-20(21-4)22-11-7-9-17-14(2)24-26-15(17)3/h5-6,8,10H,7,9,11-12H2,1-4H3,(H2,21,22,23). The van der Waals surface area contributed by atoms with Gasteiger partial charge in [-0.05, 0) is 39.7 Å². The van der Waals surface area contributed by atoms with Crippen LogP contribution in [0.4, 0.5) is 0 Å². The van der Waals surface area contributed by atoms with Crippen molar-refractivity contribution in [1.82, 2.24) is 15.8 Å². The average molecular weight is 354 g/mol. The number of guanidine groups is 1. The van der Waals surface area contributed by atoms with Crippen LogP contribution in [-0.2, 0) is 13.0 Å². The first-order valence-corrected chi connectivity index (χ1v) is 8.93. The number of nitrogens with one attached hydrogen (secondary N) is 2. The summed E-state index contributed by atoms with van der Waals surface area (Å²) in [7, 11) is 1.77. The number of benzene rings is 1. The van der Waals surface area contributed by atoms with Gasteiger partial charge in [-0.2, -0.15) is 0 Å². The van der Waals surface area contributed by atoms with Gasteiger partial charge < -0.3 is 19.6 Å². The van der Waals surface area contributed by atoms with Crippen LogP contribution in [0, 0.1) is 20.8 Å². The molecule has 6 heteroatoms. The molecule has 1 aromatic carbocycles. The molecule has 0 atom stereocenters. The molecule has 3 rings (SSSR count). The third-order valence-corrected chi connectivity index (χ3v) is 4.66. The van der Waals surface area contributed by atoms with Gasteiger partial charge in [-0.1, -0.05) is 23.4 Å². The van der Waals surface area contributed by atoms with Gasteiger partial charge in [-0.15, -0.1) is 0 Å². The van der Waals surface area contributed by atoms with Crippen LogP contribution >= 0.6 is 0 Å². The second-order valence-electron chi connectivity index (χ2n) is 6.41. The highest BCUT2D eigenvalue weighted by atomic mass is 16.5. The van der Waals surface area contributed by atoms with Gasteiger partial charge in [0.1, 0.15) is 17.1 Å². The van der Waals surface area contributed by atoms with Crippen molar-refractivity contribution in [1.29, 1.82) is 0 Å². The van der Waals surface area contributed by atoms with Crippen LogP contribution in [0.25, 0.3) is 11.0 Å². The van der Waals surface area contributed by atoms with E-state index in [1.54, 1.807) is 7.05 Å². The lowest BCUT2D eigenvalue weighted by Gasteiger charge is -2.11. The molecule has 3 aromatic rings. The first-order valence-electron chi connectivity index (χ1n) is 8.93. The van der Waals surface area contributed by atoms with Gasteiger partial charge in [0.2, 0.25) is 0 Å². The van der Waals surface area contributed by atoms with Crippen LogP contribution in [-0.4, -0.2) is 24.7 Å². The zero-order valence-corrected chi connectivity index (χ0v) is 15.8. The average Bonchev–Trinajstić information content (AvgIpc) is 3.14. The minimum absolute atomic E-state index is 0.601. The zero-order valence-electron chi connectivity index (χ0n) is 15.8. The van der Waals surface area contributed by atoms with E-state index in [2.05, 4.69) is 33.8 Å². The molecule has 0 aliphatic heterocycles. The number of aryl methyl sites for hydroxylation is 3. The Bertz CT molecular complexity index is 888. The minimum atomic E-state index is 0.601. The monoisotopic (exact) mass is 354 g/mol. The summed E-state index contributed by atoms with van der Waals surface area (Å²) in [5.41, 5.74) is 4.27. The summed E-state index contributed by atoms with van der Waals surface area (Å²) >= 11 is 0. The first-order chi connectivity index (χ1) is 12.6. The molecule has 0 saturated heterocycles. The van der Waals surface area contributed by atoms with E-state index in [1.807, 2.05) is 32.0 Å². The summed E-state index contributed by atoms with van der Waals surface area (Å²) in [4.78, 5) is 4.28. The van der Waals surface area contributed by atoms with E-state index < -0.39 is 0 Å². The van der Waals surface area contributed by atoms with Crippen molar-refractivity contribution >= 4 is 16.9 Å². The maximum atomic E-state index is 5.93. The second-order valence-corrected chi connectivity index (χ2v) is 6.41. The summed E-state index contributed by atoms with van der Waals surface area (Å²) in [5.74, 6) is 2.61. The van der Waals surface area contributed by atoms with E-state index in [9.17, 15) is 0 Å². The predicted octanol–water partition coefficient (Wildman–Crippen LogP) is 3.64. The maximum Gasteiger partial charge on any atom is 0.191 e. The Hall–Kier alpha value is -2.76. The van der Waals surface area contributed by atoms with E-state index in [4.69, 9.17) is 8.94 Å². The number of hydrogen-bond donors (Lipinski definition) is 2. The molecule has 0 bridgehead atoms. The number of aliphatic imine (C=N–C) groups is 1. The molecule has 0 aliphatic carbocycles. The molecule has 26 heavy (non-hydrogen) atoms. The first kappa shape index (κ1) is 18.0. The molecule has 2 aromatic heterocycles. The van der Waals surface area contributed by atoms with Gasteiger partial charge in [-0.25, -0.2) is 0 Å². The van der Waals surface area contributed by atoms with Crippen LogP contribution in [0.2, 0.25) is 0 Å². The summed E-state index contributed by atoms with van der Waals surface area (Å²) in [6.45, 7) is 7.45. The molecule has 138 valence electrons. The van der Waals surface area contributed by atoms with E-state index in [0.717, 1.165) is 53.5 Å². The normalized spacial score (nSPS) is 11.9. The number of aromatic nitrogens is 1. The number of fused-ring (bicyclic) bond motifs is 1. The third-order valence-electron chi connectivity index (χ3n) is 4.66. The van der Waals surface area contributed by atoms with Gasteiger partial charge in [0, 0.05) is 30.1 Å². The van der Waals surface area contributed by atoms with E-state index >= 15 is 0 Å². The van der Waals surface area contributed by atoms with E-state index in [1.165, 1.54) is 11.1 Å². The van der Waals surface area contributed by atoms with Crippen molar-refractivity contribution in [3.05, 3.63) is 52.6 Å². The van der Waals surface area contributed by atoms with Crippen molar-refractivity contribution in [2.75, 3.05) is 13.6 Å². The van der Waals surface area contributed by atoms with Gasteiger partial charge in [0.05, 0.1) is 12.2 Å². The molecule has 0 saturated carbocycles. The molecule has 0 unspecified atom stereocenters. The van der Waals surface area contributed by atoms with Gasteiger partial charge >= 0.3 is 0 Å². The fraction of sp³-hybridized carbons (Fsp3) is 0.400. The van der Waals surface area contributed by atoms with Crippen molar-refractivity contribution in [2.24, 2.45) is 4.99 Å². The molecule has 6 nitrogen and oxygen atoms in total. The summed E-state index contributed by atoms with van der Waals surface area (Å²) in [6.07, 6.45) is 1.92. The molecular formula is C20H26N4O2. The fourth-order valence-corrected chi connectivity index (χ4v) is 3.11. The smallest absolute Gasteiger partial charge is 0.191 e. The van der Waals surface area contributed by atoms with Crippen LogP contribution in [0.3, 0.4) is 0 Å². The maximum absolute atomic E-state index is 5.93. The van der Waals surface area contributed by atoms with Crippen molar-refractivity contribution in [3.8, 4) is 0 Å². The molecule has 2 heterocycles. The Kier molecular flexibility index (Phi) is 5.61. The molecular weight excluding hydrogens is 328 g/mol. The molecule has 0 fully saturated rings. The number of hydrogen-bond acceptors (Lipinski definition) is 4. The summed E-state index contributed by atoms with van der Waals surface area (Å²) in [5, 5.41) is 11.8. The number of nitrogens with zero attached hydrogens (tertiary/aromatic N) is 2. The second kappa shape index (κ2) is 8.08. The Morgan fingerprint density at radius 3 is 2.65 bits per heavy atom. The lowest BCUT2D eigenvalue weighted by molar-refractivity contribution is 0.392. The summed E-state index contributed by atoms with van der Waals surface area (Å²) < 4.78 is 11.1. The lowest BCUT2D eigenvalue weighted by Crippen LogP contribution is -2.37. The molecule has 0 amide bonds. The van der Waals surface area contributed by atoms with Gasteiger partial charge in [0.25, 0.3) is 0 Å². The molecule has 0 radical (unpaired) electrons. The van der Waals surface area contributed by atoms with Gasteiger partial charge in [-0.3, -0.25) is 4.99 Å². The highest BCUT2D eigenvalue weighted by Crippen LogP contribution is 2.24. The Morgan fingerprint density at radius 2 is 1.96 bits per heavy atom. The minimum Gasteiger partial charge on any atom is -0.459 e. The Balaban J connectivity index is 1.49. The van der Waals surface area contributed by atoms with Crippen LogP contribution in [0.1, 0.15) is 34.8 Å².